The lowest BCUT2D eigenvalue weighted by molar-refractivity contribution is 0.00666. The van der Waals surface area contributed by atoms with Crippen LogP contribution in [0.25, 0.3) is 0 Å². The average Bonchev–Trinajstić information content (AvgIpc) is 2.50. The normalized spacial score (nSPS) is 21.7. The zero-order valence-corrected chi connectivity index (χ0v) is 12.7. The molecule has 3 nitrogen and oxygen atoms in total. The van der Waals surface area contributed by atoms with Gasteiger partial charge in [-0.05, 0) is 43.4 Å². The molecule has 2 unspecified atom stereocenters. The van der Waals surface area contributed by atoms with Gasteiger partial charge < -0.3 is 14.8 Å². The van der Waals surface area contributed by atoms with Gasteiger partial charge in [0.25, 0.3) is 0 Å². The van der Waals surface area contributed by atoms with Crippen LogP contribution >= 0.6 is 0 Å². The molecule has 20 heavy (non-hydrogen) atoms. The van der Waals surface area contributed by atoms with Crippen molar-refractivity contribution in [3.8, 4) is 0 Å². The van der Waals surface area contributed by atoms with Gasteiger partial charge in [0.05, 0.1) is 12.1 Å². The smallest absolute Gasteiger partial charge is 0.0773 e. The standard InChI is InChI=1S/C17H27NO2/c1-3-11-18-17-15-8-5-4-7-14(15)9-10-16(17)20-13-6-12-19-2/h4-5,7-8,16-18H,3,6,9-13H2,1-2H3. The van der Waals surface area contributed by atoms with E-state index in [4.69, 9.17) is 9.47 Å². The summed E-state index contributed by atoms with van der Waals surface area (Å²) in [7, 11) is 1.74. The maximum Gasteiger partial charge on any atom is 0.0773 e. The SMILES string of the molecule is CCCNC1c2ccccc2CCC1OCCCOC. The number of nitrogens with one attached hydrogen (secondary N) is 1. The van der Waals surface area contributed by atoms with Gasteiger partial charge in [0.1, 0.15) is 0 Å². The minimum atomic E-state index is 0.285. The molecular weight excluding hydrogens is 250 g/mol. The van der Waals surface area contributed by atoms with Gasteiger partial charge in [-0.3, -0.25) is 0 Å². The van der Waals surface area contributed by atoms with E-state index in [-0.39, 0.29) is 6.10 Å². The van der Waals surface area contributed by atoms with Gasteiger partial charge in [0, 0.05) is 20.3 Å². The fraction of sp³-hybridized carbons (Fsp3) is 0.647. The first-order valence-corrected chi connectivity index (χ1v) is 7.78. The van der Waals surface area contributed by atoms with Crippen molar-refractivity contribution in [2.24, 2.45) is 0 Å². The zero-order valence-electron chi connectivity index (χ0n) is 12.7. The second kappa shape index (κ2) is 8.40. The minimum Gasteiger partial charge on any atom is -0.385 e. The van der Waals surface area contributed by atoms with Crippen LogP contribution in [0.15, 0.2) is 24.3 Å². The van der Waals surface area contributed by atoms with Crippen molar-refractivity contribution >= 4 is 0 Å². The third kappa shape index (κ3) is 4.05. The molecule has 1 N–H and O–H groups in total. The number of hydrogen-bond donors (Lipinski definition) is 1. The zero-order chi connectivity index (χ0) is 14.2. The molecule has 0 spiro atoms. The summed E-state index contributed by atoms with van der Waals surface area (Å²) in [6, 6.07) is 9.09. The summed E-state index contributed by atoms with van der Waals surface area (Å²) in [4.78, 5) is 0. The van der Waals surface area contributed by atoms with Crippen LogP contribution in [0.2, 0.25) is 0 Å². The number of ether oxygens (including phenoxy) is 2. The molecule has 1 aliphatic carbocycles. The predicted octanol–water partition coefficient (Wildman–Crippen LogP) is 3.10. The molecule has 0 saturated carbocycles. The molecule has 0 heterocycles. The molecule has 0 saturated heterocycles. The molecule has 0 amide bonds. The maximum atomic E-state index is 6.11. The molecule has 0 bridgehead atoms. The van der Waals surface area contributed by atoms with Gasteiger partial charge >= 0.3 is 0 Å². The first-order valence-electron chi connectivity index (χ1n) is 7.78. The van der Waals surface area contributed by atoms with Crippen LogP contribution in [-0.4, -0.2) is 33.0 Å². The van der Waals surface area contributed by atoms with Crippen molar-refractivity contribution < 1.29 is 9.47 Å². The molecule has 1 aromatic carbocycles. The van der Waals surface area contributed by atoms with Crippen molar-refractivity contribution in [3.05, 3.63) is 35.4 Å². The Hall–Kier alpha value is -0.900. The van der Waals surface area contributed by atoms with E-state index in [9.17, 15) is 0 Å². The fourth-order valence-electron chi connectivity index (χ4n) is 2.89. The highest BCUT2D eigenvalue weighted by atomic mass is 16.5. The molecule has 0 fully saturated rings. The van der Waals surface area contributed by atoms with Gasteiger partial charge in [-0.15, -0.1) is 0 Å². The second-order valence-electron chi connectivity index (χ2n) is 5.42. The monoisotopic (exact) mass is 277 g/mol. The molecule has 0 aromatic heterocycles. The maximum absolute atomic E-state index is 6.11. The molecule has 1 aromatic rings. The Labute approximate surface area is 122 Å². The molecule has 112 valence electrons. The minimum absolute atomic E-state index is 0.285. The summed E-state index contributed by atoms with van der Waals surface area (Å²) in [5.41, 5.74) is 2.89. The summed E-state index contributed by atoms with van der Waals surface area (Å²) in [5.74, 6) is 0. The lowest BCUT2D eigenvalue weighted by Gasteiger charge is -2.34. The van der Waals surface area contributed by atoms with E-state index in [0.29, 0.717) is 6.04 Å². The Kier molecular flexibility index (Phi) is 6.51. The number of benzene rings is 1. The molecular formula is C17H27NO2. The fourth-order valence-corrected chi connectivity index (χ4v) is 2.89. The van der Waals surface area contributed by atoms with E-state index in [1.54, 1.807) is 7.11 Å². The average molecular weight is 277 g/mol. The van der Waals surface area contributed by atoms with E-state index in [1.165, 1.54) is 11.1 Å². The van der Waals surface area contributed by atoms with Crippen molar-refractivity contribution in [1.29, 1.82) is 0 Å². The molecule has 1 aliphatic rings. The van der Waals surface area contributed by atoms with Crippen molar-refractivity contribution in [2.75, 3.05) is 26.9 Å². The summed E-state index contributed by atoms with van der Waals surface area (Å²) in [5, 5.41) is 3.66. The highest BCUT2D eigenvalue weighted by molar-refractivity contribution is 5.33. The van der Waals surface area contributed by atoms with Crippen LogP contribution < -0.4 is 5.32 Å². The molecule has 2 rings (SSSR count). The first kappa shape index (κ1) is 15.5. The summed E-state index contributed by atoms with van der Waals surface area (Å²) >= 11 is 0. The van der Waals surface area contributed by atoms with Crippen molar-refractivity contribution in [2.45, 2.75) is 44.8 Å². The Balaban J connectivity index is 2.00. The van der Waals surface area contributed by atoms with Gasteiger partial charge in [-0.1, -0.05) is 31.2 Å². The summed E-state index contributed by atoms with van der Waals surface area (Å²) < 4.78 is 11.2. The Morgan fingerprint density at radius 1 is 1.25 bits per heavy atom. The van der Waals surface area contributed by atoms with Gasteiger partial charge in [-0.25, -0.2) is 0 Å². The lowest BCUT2D eigenvalue weighted by Crippen LogP contribution is -2.38. The number of aryl methyl sites for hydroxylation is 1. The lowest BCUT2D eigenvalue weighted by atomic mass is 9.85. The highest BCUT2D eigenvalue weighted by Gasteiger charge is 2.29. The predicted molar refractivity (Wildman–Crippen MR) is 82.0 cm³/mol. The summed E-state index contributed by atoms with van der Waals surface area (Å²) in [6.07, 6.45) is 4.62. The Morgan fingerprint density at radius 2 is 2.10 bits per heavy atom. The van der Waals surface area contributed by atoms with Crippen LogP contribution in [0.4, 0.5) is 0 Å². The first-order chi connectivity index (χ1) is 9.86. The van der Waals surface area contributed by atoms with E-state index in [0.717, 1.165) is 45.4 Å². The topological polar surface area (TPSA) is 30.5 Å². The van der Waals surface area contributed by atoms with Crippen LogP contribution in [0.3, 0.4) is 0 Å². The van der Waals surface area contributed by atoms with Crippen LogP contribution in [0.1, 0.15) is 43.4 Å². The Bertz CT molecular complexity index is 394. The van der Waals surface area contributed by atoms with Gasteiger partial charge in [0.2, 0.25) is 0 Å². The van der Waals surface area contributed by atoms with Crippen molar-refractivity contribution in [1.82, 2.24) is 5.32 Å². The quantitative estimate of drug-likeness (QED) is 0.741. The van der Waals surface area contributed by atoms with E-state index in [1.807, 2.05) is 0 Å². The van der Waals surface area contributed by atoms with Crippen LogP contribution in [0.5, 0.6) is 0 Å². The second-order valence-corrected chi connectivity index (χ2v) is 5.42. The largest absolute Gasteiger partial charge is 0.385 e. The third-order valence-electron chi connectivity index (χ3n) is 3.90. The molecule has 3 heteroatoms. The van der Waals surface area contributed by atoms with Gasteiger partial charge in [-0.2, -0.15) is 0 Å². The number of methoxy groups -OCH3 is 1. The summed E-state index contributed by atoms with van der Waals surface area (Å²) in [6.45, 7) is 4.80. The third-order valence-corrected chi connectivity index (χ3v) is 3.90. The number of hydrogen-bond acceptors (Lipinski definition) is 3. The number of fused-ring (bicyclic) bond motifs is 1. The van der Waals surface area contributed by atoms with Crippen LogP contribution in [0, 0.1) is 0 Å². The van der Waals surface area contributed by atoms with E-state index >= 15 is 0 Å². The number of rotatable bonds is 8. The molecule has 2 atom stereocenters. The van der Waals surface area contributed by atoms with Crippen molar-refractivity contribution in [3.63, 3.8) is 0 Å². The van der Waals surface area contributed by atoms with Gasteiger partial charge in [0.15, 0.2) is 0 Å². The highest BCUT2D eigenvalue weighted by Crippen LogP contribution is 2.31. The molecule has 0 aliphatic heterocycles. The van der Waals surface area contributed by atoms with E-state index < -0.39 is 0 Å². The van der Waals surface area contributed by atoms with E-state index in [2.05, 4.69) is 36.5 Å². The molecule has 0 radical (unpaired) electrons. The van der Waals surface area contributed by atoms with Crippen LogP contribution in [-0.2, 0) is 15.9 Å². The Morgan fingerprint density at radius 3 is 2.90 bits per heavy atom.